The first-order valence-electron chi connectivity index (χ1n) is 7.19. The summed E-state index contributed by atoms with van der Waals surface area (Å²) in [5.41, 5.74) is -0.722. The van der Waals surface area contributed by atoms with E-state index in [2.05, 4.69) is 0 Å². The van der Waals surface area contributed by atoms with Crippen molar-refractivity contribution < 1.29 is 24.2 Å². The molecule has 2 amide bonds. The van der Waals surface area contributed by atoms with Gasteiger partial charge in [0, 0.05) is 40.4 Å². The molecule has 21 heavy (non-hydrogen) atoms. The molecule has 0 atom stereocenters. The van der Waals surface area contributed by atoms with Crippen molar-refractivity contribution in [1.29, 1.82) is 0 Å². The molecule has 0 radical (unpaired) electrons. The van der Waals surface area contributed by atoms with E-state index in [1.165, 1.54) is 0 Å². The molecule has 1 N–H and O–H groups in total. The minimum absolute atomic E-state index is 0.0726. The molecule has 1 aliphatic heterocycles. The summed E-state index contributed by atoms with van der Waals surface area (Å²) in [6, 6.07) is -0.0726. The molecule has 0 unspecified atom stereocenters. The summed E-state index contributed by atoms with van der Waals surface area (Å²) in [6.07, 6.45) is 0.965. The first-order valence-corrected chi connectivity index (χ1v) is 7.19. The molecule has 7 heteroatoms. The number of likely N-dealkylation sites (tertiary alicyclic amines) is 1. The van der Waals surface area contributed by atoms with Crippen molar-refractivity contribution in [2.45, 2.75) is 19.8 Å². The molecule has 122 valence electrons. The monoisotopic (exact) mass is 302 g/mol. The van der Waals surface area contributed by atoms with Gasteiger partial charge in [-0.05, 0) is 19.8 Å². The van der Waals surface area contributed by atoms with E-state index in [0.717, 1.165) is 0 Å². The van der Waals surface area contributed by atoms with Crippen molar-refractivity contribution in [1.82, 2.24) is 9.80 Å². The fraction of sp³-hybridized carbons (Fsp3) is 0.857. The van der Waals surface area contributed by atoms with Crippen molar-refractivity contribution in [3.63, 3.8) is 0 Å². The molecule has 0 aromatic rings. The second kappa shape index (κ2) is 8.19. The number of methoxy groups -OCH3 is 2. The van der Waals surface area contributed by atoms with Crippen LogP contribution < -0.4 is 0 Å². The lowest BCUT2D eigenvalue weighted by atomic mass is 9.80. The largest absolute Gasteiger partial charge is 0.481 e. The number of aliphatic carboxylic acids is 1. The van der Waals surface area contributed by atoms with Gasteiger partial charge in [-0.1, -0.05) is 0 Å². The molecule has 0 spiro atoms. The smallest absolute Gasteiger partial charge is 0.320 e. The number of urea groups is 1. The summed E-state index contributed by atoms with van der Waals surface area (Å²) in [6.45, 7) is 4.63. The lowest BCUT2D eigenvalue weighted by molar-refractivity contribution is -0.150. The van der Waals surface area contributed by atoms with Crippen LogP contribution >= 0.6 is 0 Å². The highest BCUT2D eigenvalue weighted by atomic mass is 16.5. The lowest BCUT2D eigenvalue weighted by Gasteiger charge is -2.38. The summed E-state index contributed by atoms with van der Waals surface area (Å²) < 4.78 is 10.0. The van der Waals surface area contributed by atoms with E-state index in [-0.39, 0.29) is 6.03 Å². The maximum Gasteiger partial charge on any atom is 0.320 e. The number of carboxylic acid groups (broad SMARTS) is 1. The second-order valence-corrected chi connectivity index (χ2v) is 5.61. The van der Waals surface area contributed by atoms with Gasteiger partial charge in [0.05, 0.1) is 18.6 Å². The number of rotatable bonds is 7. The second-order valence-electron chi connectivity index (χ2n) is 5.61. The van der Waals surface area contributed by atoms with Crippen LogP contribution in [-0.4, -0.2) is 80.5 Å². The molecule has 0 aromatic heterocycles. The number of piperidine rings is 1. The van der Waals surface area contributed by atoms with Crippen molar-refractivity contribution in [2.75, 3.05) is 53.6 Å². The number of hydrogen-bond acceptors (Lipinski definition) is 4. The molecule has 0 aliphatic carbocycles. The van der Waals surface area contributed by atoms with Crippen LogP contribution in [0.2, 0.25) is 0 Å². The molecule has 7 nitrogen and oxygen atoms in total. The van der Waals surface area contributed by atoms with Crippen LogP contribution in [0, 0.1) is 5.41 Å². The Morgan fingerprint density at radius 3 is 2.00 bits per heavy atom. The average Bonchev–Trinajstić information content (AvgIpc) is 2.47. The normalized spacial score (nSPS) is 17.6. The SMILES string of the molecule is COCCN(CCOC)C(=O)N1CCC(C)(C(=O)O)CC1. The van der Waals surface area contributed by atoms with Crippen molar-refractivity contribution in [3.05, 3.63) is 0 Å². The molecule has 0 saturated carbocycles. The third-order valence-corrected chi connectivity index (χ3v) is 4.06. The fourth-order valence-corrected chi connectivity index (χ4v) is 2.31. The number of nitrogens with zero attached hydrogens (tertiary/aromatic N) is 2. The van der Waals surface area contributed by atoms with Gasteiger partial charge in [-0.25, -0.2) is 4.79 Å². The van der Waals surface area contributed by atoms with Crippen LogP contribution in [-0.2, 0) is 14.3 Å². The van der Waals surface area contributed by atoms with E-state index < -0.39 is 11.4 Å². The summed E-state index contributed by atoms with van der Waals surface area (Å²) in [5.74, 6) is -0.787. The Labute approximate surface area is 125 Å². The Hall–Kier alpha value is -1.34. The van der Waals surface area contributed by atoms with Crippen LogP contribution in [0.4, 0.5) is 4.79 Å². The standard InChI is InChI=1S/C14H26N2O5/c1-14(12(17)18)4-6-15(7-5-14)13(19)16(8-10-20-2)9-11-21-3/h4-11H2,1-3H3,(H,17,18). The van der Waals surface area contributed by atoms with Gasteiger partial charge in [-0.3, -0.25) is 4.79 Å². The average molecular weight is 302 g/mol. The highest BCUT2D eigenvalue weighted by Crippen LogP contribution is 2.31. The van der Waals surface area contributed by atoms with Crippen LogP contribution in [0.25, 0.3) is 0 Å². The Morgan fingerprint density at radius 2 is 1.62 bits per heavy atom. The predicted molar refractivity (Wildman–Crippen MR) is 77.3 cm³/mol. The fourth-order valence-electron chi connectivity index (χ4n) is 2.31. The first-order chi connectivity index (χ1) is 9.94. The van der Waals surface area contributed by atoms with Gasteiger partial charge >= 0.3 is 12.0 Å². The zero-order chi connectivity index (χ0) is 15.9. The molecule has 1 heterocycles. The van der Waals surface area contributed by atoms with Gasteiger partial charge in [-0.2, -0.15) is 0 Å². The van der Waals surface area contributed by atoms with Crippen molar-refractivity contribution >= 4 is 12.0 Å². The molecular formula is C14H26N2O5. The van der Waals surface area contributed by atoms with Gasteiger partial charge in [0.25, 0.3) is 0 Å². The molecule has 1 aliphatic rings. The molecule has 0 bridgehead atoms. The van der Waals surface area contributed by atoms with Crippen molar-refractivity contribution in [2.24, 2.45) is 5.41 Å². The maximum absolute atomic E-state index is 12.5. The third kappa shape index (κ3) is 4.86. The molecular weight excluding hydrogens is 276 g/mol. The van der Waals surface area contributed by atoms with Crippen LogP contribution in [0.3, 0.4) is 0 Å². The number of carboxylic acids is 1. The van der Waals surface area contributed by atoms with Crippen LogP contribution in [0.5, 0.6) is 0 Å². The van der Waals surface area contributed by atoms with Gasteiger partial charge in [0.2, 0.25) is 0 Å². The van der Waals surface area contributed by atoms with Gasteiger partial charge in [0.1, 0.15) is 0 Å². The Kier molecular flexibility index (Phi) is 6.91. The van der Waals surface area contributed by atoms with Crippen LogP contribution in [0.15, 0.2) is 0 Å². The Bertz CT molecular complexity index is 345. The number of ether oxygens (including phenoxy) is 2. The lowest BCUT2D eigenvalue weighted by Crippen LogP contribution is -2.51. The number of carbonyl (C=O) groups excluding carboxylic acids is 1. The molecule has 0 aromatic carbocycles. The molecule has 1 rings (SSSR count). The van der Waals surface area contributed by atoms with E-state index in [1.54, 1.807) is 30.9 Å². The number of hydrogen-bond donors (Lipinski definition) is 1. The summed E-state index contributed by atoms with van der Waals surface area (Å²) >= 11 is 0. The van der Waals surface area contributed by atoms with E-state index in [4.69, 9.17) is 9.47 Å². The van der Waals surface area contributed by atoms with Crippen LogP contribution in [0.1, 0.15) is 19.8 Å². The van der Waals surface area contributed by atoms with E-state index in [0.29, 0.717) is 52.2 Å². The van der Waals surface area contributed by atoms with Gasteiger partial charge in [0.15, 0.2) is 0 Å². The predicted octanol–water partition coefficient (Wildman–Crippen LogP) is 0.888. The summed E-state index contributed by atoms with van der Waals surface area (Å²) in [7, 11) is 3.19. The minimum Gasteiger partial charge on any atom is -0.481 e. The summed E-state index contributed by atoms with van der Waals surface area (Å²) in [5, 5.41) is 9.22. The highest BCUT2D eigenvalue weighted by molar-refractivity contribution is 5.77. The van der Waals surface area contributed by atoms with E-state index in [9.17, 15) is 14.7 Å². The Morgan fingerprint density at radius 1 is 1.14 bits per heavy atom. The zero-order valence-electron chi connectivity index (χ0n) is 13.1. The molecule has 1 fully saturated rings. The topological polar surface area (TPSA) is 79.3 Å². The third-order valence-electron chi connectivity index (χ3n) is 4.06. The quantitative estimate of drug-likeness (QED) is 0.755. The van der Waals surface area contributed by atoms with Gasteiger partial charge in [-0.15, -0.1) is 0 Å². The van der Waals surface area contributed by atoms with Crippen molar-refractivity contribution in [3.8, 4) is 0 Å². The number of carbonyl (C=O) groups is 2. The van der Waals surface area contributed by atoms with Gasteiger partial charge < -0.3 is 24.4 Å². The first kappa shape index (κ1) is 17.7. The van der Waals surface area contributed by atoms with E-state index in [1.807, 2.05) is 0 Å². The minimum atomic E-state index is -0.787. The zero-order valence-corrected chi connectivity index (χ0v) is 13.1. The molecule has 1 saturated heterocycles. The van der Waals surface area contributed by atoms with E-state index >= 15 is 0 Å². The number of amides is 2. The highest BCUT2D eigenvalue weighted by Gasteiger charge is 2.38. The summed E-state index contributed by atoms with van der Waals surface area (Å²) in [4.78, 5) is 27.1. The maximum atomic E-state index is 12.5. The Balaban J connectivity index is 2.58.